The lowest BCUT2D eigenvalue weighted by molar-refractivity contribution is -0.686. The van der Waals surface area contributed by atoms with Gasteiger partial charge in [-0.2, -0.15) is 4.57 Å². The number of ether oxygens (including phenoxy) is 1. The monoisotopic (exact) mass is 334 g/mol. The van der Waals surface area contributed by atoms with E-state index in [-0.39, 0.29) is 5.97 Å². The molecule has 0 aromatic carbocycles. The fraction of sp³-hybridized carbons (Fsp3) is 0.714. The van der Waals surface area contributed by atoms with Gasteiger partial charge in [0, 0.05) is 12.1 Å². The highest BCUT2D eigenvalue weighted by atomic mass is 16.5. The van der Waals surface area contributed by atoms with E-state index >= 15 is 0 Å². The first-order valence-corrected chi connectivity index (χ1v) is 9.92. The predicted molar refractivity (Wildman–Crippen MR) is 98.7 cm³/mol. The molecule has 0 saturated carbocycles. The average Bonchev–Trinajstić information content (AvgIpc) is 2.60. The summed E-state index contributed by atoms with van der Waals surface area (Å²) in [6.07, 6.45) is 19.6. The molecule has 0 spiro atoms. The number of rotatable bonds is 15. The molecule has 3 heteroatoms. The van der Waals surface area contributed by atoms with Gasteiger partial charge in [-0.15, -0.1) is 0 Å². The summed E-state index contributed by atoms with van der Waals surface area (Å²) in [5.41, 5.74) is 0. The van der Waals surface area contributed by atoms with Gasteiger partial charge in [-0.25, -0.2) is 4.79 Å². The molecule has 0 fully saturated rings. The lowest BCUT2D eigenvalue weighted by atomic mass is 10.1. The second-order valence-electron chi connectivity index (χ2n) is 6.66. The van der Waals surface area contributed by atoms with Gasteiger partial charge < -0.3 is 4.74 Å². The van der Waals surface area contributed by atoms with Crippen molar-refractivity contribution in [3.05, 3.63) is 30.6 Å². The van der Waals surface area contributed by atoms with Crippen LogP contribution in [0.5, 0.6) is 0 Å². The minimum absolute atomic E-state index is 0.144. The minimum atomic E-state index is -0.144. The molecule has 24 heavy (non-hydrogen) atoms. The van der Waals surface area contributed by atoms with E-state index in [1.807, 2.05) is 35.2 Å². The number of esters is 1. The molecule has 0 bridgehead atoms. The summed E-state index contributed by atoms with van der Waals surface area (Å²) in [5, 5.41) is 0. The topological polar surface area (TPSA) is 30.2 Å². The molecule has 3 nitrogen and oxygen atoms in total. The zero-order valence-corrected chi connectivity index (χ0v) is 15.5. The number of hydrogen-bond acceptors (Lipinski definition) is 2. The van der Waals surface area contributed by atoms with Gasteiger partial charge in [-0.1, -0.05) is 83.6 Å². The van der Waals surface area contributed by atoms with Crippen molar-refractivity contribution in [3.8, 4) is 0 Å². The molecule has 0 unspecified atom stereocenters. The van der Waals surface area contributed by atoms with E-state index < -0.39 is 0 Å². The Morgan fingerprint density at radius 1 is 0.750 bits per heavy atom. The summed E-state index contributed by atoms with van der Waals surface area (Å²) < 4.78 is 7.12. The molecular weight excluding hydrogens is 298 g/mol. The normalized spacial score (nSPS) is 10.7. The highest BCUT2D eigenvalue weighted by Crippen LogP contribution is 2.11. The molecular formula is C21H36NO2+. The lowest BCUT2D eigenvalue weighted by Gasteiger charge is -2.04. The minimum Gasteiger partial charge on any atom is -0.461 e. The molecule has 1 rings (SSSR count). The number of pyridine rings is 1. The Morgan fingerprint density at radius 3 is 1.79 bits per heavy atom. The van der Waals surface area contributed by atoms with Crippen LogP contribution in [0.1, 0.15) is 84.0 Å². The number of aromatic nitrogens is 1. The van der Waals surface area contributed by atoms with E-state index in [0.29, 0.717) is 13.2 Å². The molecule has 0 N–H and O–H groups in total. The third kappa shape index (κ3) is 12.1. The molecule has 0 aliphatic rings. The fourth-order valence-corrected chi connectivity index (χ4v) is 2.86. The average molecular weight is 335 g/mol. The summed E-state index contributed by atoms with van der Waals surface area (Å²) in [4.78, 5) is 11.7. The zero-order valence-electron chi connectivity index (χ0n) is 15.5. The van der Waals surface area contributed by atoms with Crippen LogP contribution in [0.15, 0.2) is 30.6 Å². The first kappa shape index (κ1) is 20.7. The van der Waals surface area contributed by atoms with Crippen LogP contribution in [0.25, 0.3) is 0 Å². The van der Waals surface area contributed by atoms with E-state index in [1.165, 1.54) is 70.6 Å². The highest BCUT2D eigenvalue weighted by molar-refractivity contribution is 5.67. The van der Waals surface area contributed by atoms with Gasteiger partial charge in [0.05, 0.1) is 6.61 Å². The highest BCUT2D eigenvalue weighted by Gasteiger charge is 2.09. The van der Waals surface area contributed by atoms with Gasteiger partial charge in [0.25, 0.3) is 0 Å². The van der Waals surface area contributed by atoms with Gasteiger partial charge in [0.15, 0.2) is 12.4 Å². The van der Waals surface area contributed by atoms with Gasteiger partial charge in [0.1, 0.15) is 0 Å². The summed E-state index contributed by atoms with van der Waals surface area (Å²) >= 11 is 0. The van der Waals surface area contributed by atoms with Crippen molar-refractivity contribution in [1.82, 2.24) is 0 Å². The molecule has 0 aliphatic heterocycles. The van der Waals surface area contributed by atoms with Crippen molar-refractivity contribution in [2.24, 2.45) is 0 Å². The SMILES string of the molecule is CCCCCCCCCCCCCCOC(=O)C[n+]1ccccc1. The molecule has 0 atom stereocenters. The standard InChI is InChI=1S/C21H36NO2/c1-2-3-4-5-6-7-8-9-10-11-12-16-19-24-21(23)20-22-17-14-13-15-18-22/h13-15,17-18H,2-12,16,19-20H2,1H3/q+1. The van der Waals surface area contributed by atoms with Crippen molar-refractivity contribution < 1.29 is 14.1 Å². The van der Waals surface area contributed by atoms with Crippen LogP contribution in [0, 0.1) is 0 Å². The Balaban J connectivity index is 1.81. The van der Waals surface area contributed by atoms with Crippen molar-refractivity contribution >= 4 is 5.97 Å². The van der Waals surface area contributed by atoms with E-state index in [0.717, 1.165) is 6.42 Å². The molecule has 0 amide bonds. The summed E-state index contributed by atoms with van der Waals surface area (Å²) in [5.74, 6) is -0.144. The maximum absolute atomic E-state index is 11.7. The largest absolute Gasteiger partial charge is 0.461 e. The third-order valence-electron chi connectivity index (χ3n) is 4.35. The number of carbonyl (C=O) groups excluding carboxylic acids is 1. The van der Waals surface area contributed by atoms with Crippen LogP contribution in [0.4, 0.5) is 0 Å². The maximum Gasteiger partial charge on any atom is 0.372 e. The van der Waals surface area contributed by atoms with E-state index in [4.69, 9.17) is 4.74 Å². The Bertz CT molecular complexity index is 406. The number of nitrogens with zero attached hydrogens (tertiary/aromatic N) is 1. The molecule has 0 aliphatic carbocycles. The van der Waals surface area contributed by atoms with Crippen molar-refractivity contribution in [2.75, 3.05) is 6.61 Å². The zero-order chi connectivity index (χ0) is 17.3. The van der Waals surface area contributed by atoms with Crippen LogP contribution in [0.3, 0.4) is 0 Å². The second-order valence-corrected chi connectivity index (χ2v) is 6.66. The van der Waals surface area contributed by atoms with E-state index in [2.05, 4.69) is 6.92 Å². The lowest BCUT2D eigenvalue weighted by Crippen LogP contribution is -2.37. The molecule has 1 aromatic rings. The first-order chi connectivity index (χ1) is 11.8. The van der Waals surface area contributed by atoms with Gasteiger partial charge in [-0.05, 0) is 6.42 Å². The first-order valence-electron chi connectivity index (χ1n) is 9.92. The number of carbonyl (C=O) groups is 1. The molecule has 0 saturated heterocycles. The van der Waals surface area contributed by atoms with Gasteiger partial charge in [-0.3, -0.25) is 0 Å². The summed E-state index contributed by atoms with van der Waals surface area (Å²) in [7, 11) is 0. The molecule has 1 aromatic heterocycles. The number of unbranched alkanes of at least 4 members (excludes halogenated alkanes) is 11. The van der Waals surface area contributed by atoms with Crippen molar-refractivity contribution in [3.63, 3.8) is 0 Å². The van der Waals surface area contributed by atoms with Crippen molar-refractivity contribution in [1.29, 1.82) is 0 Å². The molecule has 136 valence electrons. The Labute approximate surface area is 148 Å². The van der Waals surface area contributed by atoms with E-state index in [9.17, 15) is 4.79 Å². The molecule has 0 radical (unpaired) electrons. The van der Waals surface area contributed by atoms with Crippen LogP contribution in [0.2, 0.25) is 0 Å². The van der Waals surface area contributed by atoms with Gasteiger partial charge >= 0.3 is 5.97 Å². The predicted octanol–water partition coefficient (Wildman–Crippen LogP) is 5.22. The Morgan fingerprint density at radius 2 is 1.25 bits per heavy atom. The van der Waals surface area contributed by atoms with Crippen LogP contribution in [-0.2, 0) is 16.1 Å². The van der Waals surface area contributed by atoms with Crippen molar-refractivity contribution in [2.45, 2.75) is 90.5 Å². The van der Waals surface area contributed by atoms with Crippen LogP contribution >= 0.6 is 0 Å². The Hall–Kier alpha value is -1.38. The maximum atomic E-state index is 11.7. The summed E-state index contributed by atoms with van der Waals surface area (Å²) in [6.45, 7) is 3.13. The Kier molecular flexibility index (Phi) is 13.1. The van der Waals surface area contributed by atoms with Crippen LogP contribution < -0.4 is 4.57 Å². The second kappa shape index (κ2) is 15.2. The molecule has 1 heterocycles. The van der Waals surface area contributed by atoms with Gasteiger partial charge in [0.2, 0.25) is 6.54 Å². The van der Waals surface area contributed by atoms with E-state index in [1.54, 1.807) is 0 Å². The fourth-order valence-electron chi connectivity index (χ4n) is 2.86. The summed E-state index contributed by atoms with van der Waals surface area (Å²) in [6, 6.07) is 5.77. The quantitative estimate of drug-likeness (QED) is 0.250. The number of hydrogen-bond donors (Lipinski definition) is 0. The smallest absolute Gasteiger partial charge is 0.372 e. The van der Waals surface area contributed by atoms with Crippen LogP contribution in [-0.4, -0.2) is 12.6 Å². The third-order valence-corrected chi connectivity index (χ3v) is 4.35.